The molecule has 1 fully saturated rings. The van der Waals surface area contributed by atoms with Crippen LogP contribution >= 0.6 is 0 Å². The Bertz CT molecular complexity index is 402. The first-order chi connectivity index (χ1) is 7.52. The molecule has 0 aromatic carbocycles. The summed E-state index contributed by atoms with van der Waals surface area (Å²) < 4.78 is 4.89. The van der Waals surface area contributed by atoms with Gasteiger partial charge >= 0.3 is 0 Å². The van der Waals surface area contributed by atoms with Crippen molar-refractivity contribution in [3.05, 3.63) is 11.8 Å². The van der Waals surface area contributed by atoms with Crippen molar-refractivity contribution in [2.45, 2.75) is 39.2 Å². The predicted molar refractivity (Wildman–Crippen MR) is 59.8 cm³/mol. The van der Waals surface area contributed by atoms with Gasteiger partial charge in [-0.25, -0.2) is 0 Å². The lowest BCUT2D eigenvalue weighted by atomic mass is 9.84. The largest absolute Gasteiger partial charge is 0.360 e. The van der Waals surface area contributed by atoms with E-state index < -0.39 is 5.41 Å². The van der Waals surface area contributed by atoms with Crippen molar-refractivity contribution in [2.24, 2.45) is 11.1 Å². The fraction of sp³-hybridized carbons (Fsp3) is 0.636. The van der Waals surface area contributed by atoms with E-state index in [-0.39, 0.29) is 11.9 Å². The van der Waals surface area contributed by atoms with E-state index in [1.54, 1.807) is 13.0 Å². The number of aryl methyl sites for hydroxylation is 1. The number of amides is 1. The summed E-state index contributed by atoms with van der Waals surface area (Å²) in [5, 5.41) is 6.49. The molecule has 0 aliphatic heterocycles. The summed E-state index contributed by atoms with van der Waals surface area (Å²) in [5.41, 5.74) is 5.49. The quantitative estimate of drug-likeness (QED) is 0.794. The van der Waals surface area contributed by atoms with Crippen molar-refractivity contribution in [3.8, 4) is 0 Å². The van der Waals surface area contributed by atoms with Crippen LogP contribution in [0.3, 0.4) is 0 Å². The zero-order chi connectivity index (χ0) is 11.8. The minimum Gasteiger partial charge on any atom is -0.360 e. The van der Waals surface area contributed by atoms with Crippen LogP contribution < -0.4 is 11.1 Å². The second-order valence-corrected chi connectivity index (χ2v) is 4.69. The Morgan fingerprint density at radius 1 is 1.75 bits per heavy atom. The molecule has 88 valence electrons. The molecular weight excluding hydrogens is 206 g/mol. The summed E-state index contributed by atoms with van der Waals surface area (Å²) in [5.74, 6) is 1.07. The number of nitrogens with two attached hydrogens (primary N) is 1. The van der Waals surface area contributed by atoms with Crippen molar-refractivity contribution in [2.75, 3.05) is 5.32 Å². The molecule has 2 rings (SSSR count). The molecule has 1 heterocycles. The average molecular weight is 223 g/mol. The second-order valence-electron chi connectivity index (χ2n) is 4.69. The highest BCUT2D eigenvalue weighted by atomic mass is 16.5. The molecule has 3 N–H and O–H groups in total. The molecule has 5 nitrogen and oxygen atoms in total. The first-order valence-corrected chi connectivity index (χ1v) is 5.53. The topological polar surface area (TPSA) is 81.2 Å². The molecule has 0 saturated heterocycles. The molecule has 0 radical (unpaired) electrons. The lowest BCUT2D eigenvalue weighted by Crippen LogP contribution is -2.44. The van der Waals surface area contributed by atoms with Gasteiger partial charge in [0, 0.05) is 12.1 Å². The number of carbonyl (C=O) groups is 1. The fourth-order valence-electron chi connectivity index (χ4n) is 2.16. The molecule has 5 heteroatoms. The van der Waals surface area contributed by atoms with E-state index in [1.165, 1.54) is 0 Å². The minimum atomic E-state index is -0.479. The van der Waals surface area contributed by atoms with Gasteiger partial charge in [-0.1, -0.05) is 11.6 Å². The maximum absolute atomic E-state index is 12.1. The average Bonchev–Trinajstić information content (AvgIpc) is 2.76. The van der Waals surface area contributed by atoms with Crippen molar-refractivity contribution >= 4 is 11.7 Å². The molecular formula is C11H17N3O2. The van der Waals surface area contributed by atoms with Gasteiger partial charge in [-0.2, -0.15) is 0 Å². The van der Waals surface area contributed by atoms with E-state index in [0.29, 0.717) is 11.6 Å². The minimum absolute atomic E-state index is 0.0641. The third-order valence-electron chi connectivity index (χ3n) is 3.42. The van der Waals surface area contributed by atoms with Crippen LogP contribution in [0.4, 0.5) is 5.82 Å². The van der Waals surface area contributed by atoms with E-state index in [2.05, 4.69) is 10.5 Å². The van der Waals surface area contributed by atoms with Crippen molar-refractivity contribution < 1.29 is 9.32 Å². The Balaban J connectivity index is 2.08. The van der Waals surface area contributed by atoms with Gasteiger partial charge in [-0.05, 0) is 26.7 Å². The van der Waals surface area contributed by atoms with E-state index in [9.17, 15) is 4.79 Å². The Kier molecular flexibility index (Phi) is 2.71. The van der Waals surface area contributed by atoms with Gasteiger partial charge in [0.15, 0.2) is 5.82 Å². The lowest BCUT2D eigenvalue weighted by molar-refractivity contribution is -0.125. The number of anilines is 1. The zero-order valence-electron chi connectivity index (χ0n) is 9.62. The molecule has 1 aromatic heterocycles. The van der Waals surface area contributed by atoms with Crippen molar-refractivity contribution in [1.29, 1.82) is 0 Å². The monoisotopic (exact) mass is 223 g/mol. The summed E-state index contributed by atoms with van der Waals surface area (Å²) in [6.45, 7) is 3.69. The van der Waals surface area contributed by atoms with Crippen LogP contribution in [0.15, 0.2) is 10.6 Å². The van der Waals surface area contributed by atoms with Crippen LogP contribution in [-0.2, 0) is 4.79 Å². The first-order valence-electron chi connectivity index (χ1n) is 5.53. The maximum Gasteiger partial charge on any atom is 0.233 e. The summed E-state index contributed by atoms with van der Waals surface area (Å²) in [6, 6.07) is 1.63. The number of rotatable bonds is 2. The second kappa shape index (κ2) is 3.90. The van der Waals surface area contributed by atoms with E-state index in [1.807, 2.05) is 6.92 Å². The third kappa shape index (κ3) is 1.82. The standard InChI is InChI=1S/C11H17N3O2/c1-7-6-9(14-16-7)13-10(15)11(2)5-3-4-8(11)12/h6,8H,3-5,12H2,1-2H3,(H,13,14,15). The fourth-order valence-corrected chi connectivity index (χ4v) is 2.16. The van der Waals surface area contributed by atoms with Gasteiger partial charge in [0.2, 0.25) is 5.91 Å². The number of carbonyl (C=O) groups excluding carboxylic acids is 1. The lowest BCUT2D eigenvalue weighted by Gasteiger charge is -2.26. The summed E-state index contributed by atoms with van der Waals surface area (Å²) in [4.78, 5) is 12.1. The molecule has 1 saturated carbocycles. The molecule has 16 heavy (non-hydrogen) atoms. The van der Waals surface area contributed by atoms with Crippen LogP contribution in [0.5, 0.6) is 0 Å². The zero-order valence-corrected chi connectivity index (χ0v) is 9.62. The summed E-state index contributed by atoms with van der Waals surface area (Å²) in [7, 11) is 0. The van der Waals surface area contributed by atoms with Crippen LogP contribution in [0, 0.1) is 12.3 Å². The summed E-state index contributed by atoms with van der Waals surface area (Å²) >= 11 is 0. The van der Waals surface area contributed by atoms with E-state index >= 15 is 0 Å². The third-order valence-corrected chi connectivity index (χ3v) is 3.42. The van der Waals surface area contributed by atoms with Crippen LogP contribution in [-0.4, -0.2) is 17.1 Å². The van der Waals surface area contributed by atoms with Gasteiger partial charge in [0.25, 0.3) is 0 Å². The van der Waals surface area contributed by atoms with Crippen molar-refractivity contribution in [1.82, 2.24) is 5.16 Å². The van der Waals surface area contributed by atoms with Gasteiger partial charge < -0.3 is 15.6 Å². The predicted octanol–water partition coefficient (Wildman–Crippen LogP) is 1.44. The number of hydrogen-bond donors (Lipinski definition) is 2. The summed E-state index contributed by atoms with van der Waals surface area (Å²) in [6.07, 6.45) is 2.74. The molecule has 1 aliphatic rings. The Morgan fingerprint density at radius 3 is 3.00 bits per heavy atom. The molecule has 2 unspecified atom stereocenters. The van der Waals surface area contributed by atoms with E-state index in [0.717, 1.165) is 19.3 Å². The smallest absolute Gasteiger partial charge is 0.233 e. The van der Waals surface area contributed by atoms with Crippen LogP contribution in [0.25, 0.3) is 0 Å². The molecule has 1 aromatic rings. The maximum atomic E-state index is 12.1. The van der Waals surface area contributed by atoms with Gasteiger partial charge in [-0.15, -0.1) is 0 Å². The molecule has 1 amide bonds. The Morgan fingerprint density at radius 2 is 2.50 bits per heavy atom. The Labute approximate surface area is 94.4 Å². The molecule has 2 atom stereocenters. The number of aromatic nitrogens is 1. The SMILES string of the molecule is Cc1cc(NC(=O)C2(C)CCCC2N)no1. The highest BCUT2D eigenvalue weighted by Gasteiger charge is 2.43. The number of nitrogens with zero attached hydrogens (tertiary/aromatic N) is 1. The Hall–Kier alpha value is -1.36. The van der Waals surface area contributed by atoms with Gasteiger partial charge in [0.05, 0.1) is 5.41 Å². The number of hydrogen-bond acceptors (Lipinski definition) is 4. The van der Waals surface area contributed by atoms with Gasteiger partial charge in [-0.3, -0.25) is 4.79 Å². The van der Waals surface area contributed by atoms with Crippen molar-refractivity contribution in [3.63, 3.8) is 0 Å². The highest BCUT2D eigenvalue weighted by Crippen LogP contribution is 2.37. The normalized spacial score (nSPS) is 29.3. The number of nitrogens with one attached hydrogen (secondary N) is 1. The molecule has 1 aliphatic carbocycles. The van der Waals surface area contributed by atoms with Gasteiger partial charge in [0.1, 0.15) is 5.76 Å². The van der Waals surface area contributed by atoms with E-state index in [4.69, 9.17) is 10.3 Å². The first kappa shape index (κ1) is 11.1. The molecule has 0 spiro atoms. The highest BCUT2D eigenvalue weighted by molar-refractivity contribution is 5.95. The van der Waals surface area contributed by atoms with Crippen LogP contribution in [0.1, 0.15) is 31.9 Å². The molecule has 0 bridgehead atoms. The van der Waals surface area contributed by atoms with Crippen LogP contribution in [0.2, 0.25) is 0 Å².